The molecule has 0 radical (unpaired) electrons. The SMILES string of the molecule is Cc1nc(-c2ccc(N3CCN(CC(C)C)CC3)cc2)cc2c1cc(-c1ccc(S(=O)(=O)C3CC3)cc1)n2C. The van der Waals surface area contributed by atoms with Gasteiger partial charge in [0.05, 0.1) is 21.4 Å². The summed E-state index contributed by atoms with van der Waals surface area (Å²) in [5, 5.41) is 0.920. The fourth-order valence-corrected chi connectivity index (χ4v) is 7.50. The van der Waals surface area contributed by atoms with E-state index in [1.54, 1.807) is 12.1 Å². The highest BCUT2D eigenvalue weighted by Crippen LogP contribution is 2.36. The number of benzene rings is 2. The average Bonchev–Trinajstić information content (AvgIpc) is 3.74. The van der Waals surface area contributed by atoms with Crippen molar-refractivity contribution in [1.82, 2.24) is 14.5 Å². The Kier molecular flexibility index (Phi) is 6.76. The second-order valence-corrected chi connectivity index (χ2v) is 13.8. The van der Waals surface area contributed by atoms with Crippen molar-refractivity contribution >= 4 is 26.4 Å². The van der Waals surface area contributed by atoms with Gasteiger partial charge in [-0.25, -0.2) is 8.42 Å². The third kappa shape index (κ3) is 5.10. The van der Waals surface area contributed by atoms with Crippen molar-refractivity contribution in [2.24, 2.45) is 13.0 Å². The Morgan fingerprint density at radius 2 is 1.54 bits per heavy atom. The summed E-state index contributed by atoms with van der Waals surface area (Å²) >= 11 is 0. The second kappa shape index (κ2) is 10.1. The van der Waals surface area contributed by atoms with Crippen molar-refractivity contribution in [2.75, 3.05) is 37.6 Å². The van der Waals surface area contributed by atoms with Gasteiger partial charge >= 0.3 is 0 Å². The van der Waals surface area contributed by atoms with E-state index in [2.05, 4.69) is 78.6 Å². The van der Waals surface area contributed by atoms with Crippen molar-refractivity contribution in [3.05, 3.63) is 66.4 Å². The number of anilines is 1. The maximum atomic E-state index is 12.6. The highest BCUT2D eigenvalue weighted by molar-refractivity contribution is 7.92. The maximum absolute atomic E-state index is 12.6. The summed E-state index contributed by atoms with van der Waals surface area (Å²) < 4.78 is 27.4. The Morgan fingerprint density at radius 3 is 2.15 bits per heavy atom. The minimum absolute atomic E-state index is 0.192. The fourth-order valence-electron chi connectivity index (χ4n) is 5.84. The van der Waals surface area contributed by atoms with Crippen LogP contribution in [0.2, 0.25) is 0 Å². The molecule has 0 amide bonds. The van der Waals surface area contributed by atoms with Crippen LogP contribution in [0.5, 0.6) is 0 Å². The Morgan fingerprint density at radius 1 is 0.897 bits per heavy atom. The van der Waals surface area contributed by atoms with Gasteiger partial charge in [-0.15, -0.1) is 0 Å². The Labute approximate surface area is 232 Å². The van der Waals surface area contributed by atoms with Gasteiger partial charge in [-0.05, 0) is 67.6 Å². The van der Waals surface area contributed by atoms with E-state index in [-0.39, 0.29) is 5.25 Å². The fraction of sp³-hybridized carbons (Fsp3) is 0.406. The Bertz CT molecular complexity index is 1590. The lowest BCUT2D eigenvalue weighted by Crippen LogP contribution is -2.47. The van der Waals surface area contributed by atoms with Crippen molar-refractivity contribution in [3.63, 3.8) is 0 Å². The smallest absolute Gasteiger partial charge is 0.181 e. The molecule has 6 nitrogen and oxygen atoms in total. The highest BCUT2D eigenvalue weighted by Gasteiger charge is 2.36. The predicted octanol–water partition coefficient (Wildman–Crippen LogP) is 5.93. The standard InChI is InChI=1S/C32H38N4O2S/c1-22(2)21-35-15-17-36(18-16-35)26-9-5-24(6-10-26)30-20-32-29(23(3)33-30)19-31(34(32)4)25-7-11-27(12-8-25)39(37,38)28-13-14-28/h5-12,19-20,22,28H,13-18,21H2,1-4H3. The van der Waals surface area contributed by atoms with Gasteiger partial charge in [0.15, 0.2) is 9.84 Å². The van der Waals surface area contributed by atoms with Crippen molar-refractivity contribution in [2.45, 2.75) is 43.8 Å². The zero-order valence-corrected chi connectivity index (χ0v) is 24.2. The van der Waals surface area contributed by atoms with Gasteiger partial charge in [0.2, 0.25) is 0 Å². The molecule has 0 atom stereocenters. The number of piperazine rings is 1. The minimum Gasteiger partial charge on any atom is -0.369 e. The van der Waals surface area contributed by atoms with E-state index >= 15 is 0 Å². The molecule has 1 saturated heterocycles. The Hall–Kier alpha value is -3.16. The molecule has 2 aromatic heterocycles. The van der Waals surface area contributed by atoms with Gasteiger partial charge in [-0.3, -0.25) is 9.88 Å². The van der Waals surface area contributed by atoms with Crippen LogP contribution in [0, 0.1) is 12.8 Å². The van der Waals surface area contributed by atoms with E-state index in [0.29, 0.717) is 10.8 Å². The third-order valence-electron chi connectivity index (χ3n) is 8.20. The minimum atomic E-state index is -3.18. The topological polar surface area (TPSA) is 58.4 Å². The summed E-state index contributed by atoms with van der Waals surface area (Å²) in [6.45, 7) is 12.2. The first kappa shape index (κ1) is 26.1. The molecule has 204 valence electrons. The molecule has 4 aromatic rings. The monoisotopic (exact) mass is 542 g/mol. The second-order valence-electron chi connectivity index (χ2n) is 11.6. The van der Waals surface area contributed by atoms with Gasteiger partial charge in [-0.2, -0.15) is 0 Å². The molecule has 2 aliphatic rings. The molecule has 3 heterocycles. The van der Waals surface area contributed by atoms with Crippen LogP contribution in [0.3, 0.4) is 0 Å². The first-order chi connectivity index (χ1) is 18.7. The molecule has 1 aliphatic heterocycles. The molecular weight excluding hydrogens is 504 g/mol. The number of pyridine rings is 1. The van der Waals surface area contributed by atoms with Gasteiger partial charge in [0, 0.05) is 67.8 Å². The van der Waals surface area contributed by atoms with E-state index in [1.165, 1.54) is 12.2 Å². The lowest BCUT2D eigenvalue weighted by molar-refractivity contribution is 0.231. The van der Waals surface area contributed by atoms with Crippen molar-refractivity contribution in [1.29, 1.82) is 0 Å². The van der Waals surface area contributed by atoms with Crippen molar-refractivity contribution in [3.8, 4) is 22.5 Å². The summed E-state index contributed by atoms with van der Waals surface area (Å²) in [7, 11) is -1.11. The van der Waals surface area contributed by atoms with Crippen LogP contribution in [0.25, 0.3) is 33.4 Å². The molecule has 0 N–H and O–H groups in total. The molecule has 0 bridgehead atoms. The first-order valence-electron chi connectivity index (χ1n) is 14.1. The molecule has 0 unspecified atom stereocenters. The normalized spacial score (nSPS) is 16.9. The van der Waals surface area contributed by atoms with Crippen LogP contribution in [0.1, 0.15) is 32.4 Å². The number of hydrogen-bond donors (Lipinski definition) is 0. The van der Waals surface area contributed by atoms with Crippen molar-refractivity contribution < 1.29 is 8.42 Å². The molecule has 1 saturated carbocycles. The maximum Gasteiger partial charge on any atom is 0.181 e. The number of nitrogens with zero attached hydrogens (tertiary/aromatic N) is 4. The van der Waals surface area contributed by atoms with E-state index in [9.17, 15) is 8.42 Å². The average molecular weight is 543 g/mol. The zero-order chi connectivity index (χ0) is 27.3. The van der Waals surface area contributed by atoms with E-state index in [1.807, 2.05) is 12.1 Å². The van der Waals surface area contributed by atoms with Crippen LogP contribution in [-0.2, 0) is 16.9 Å². The summed E-state index contributed by atoms with van der Waals surface area (Å²) in [5.41, 5.74) is 7.51. The summed E-state index contributed by atoms with van der Waals surface area (Å²) in [4.78, 5) is 10.4. The molecule has 39 heavy (non-hydrogen) atoms. The van der Waals surface area contributed by atoms with Gasteiger partial charge in [-0.1, -0.05) is 38.1 Å². The van der Waals surface area contributed by atoms with E-state index in [4.69, 9.17) is 4.98 Å². The first-order valence-corrected chi connectivity index (χ1v) is 15.6. The lowest BCUT2D eigenvalue weighted by atomic mass is 10.1. The van der Waals surface area contributed by atoms with Gasteiger partial charge < -0.3 is 9.47 Å². The Balaban J connectivity index is 1.24. The quantitative estimate of drug-likeness (QED) is 0.290. The summed E-state index contributed by atoms with van der Waals surface area (Å²) in [5.74, 6) is 0.709. The lowest BCUT2D eigenvalue weighted by Gasteiger charge is -2.36. The van der Waals surface area contributed by atoms with E-state index in [0.717, 1.165) is 78.1 Å². The molecule has 0 spiro atoms. The largest absolute Gasteiger partial charge is 0.369 e. The van der Waals surface area contributed by atoms with Gasteiger partial charge in [0.25, 0.3) is 0 Å². The molecule has 6 rings (SSSR count). The molecular formula is C32H38N4O2S. The third-order valence-corrected chi connectivity index (χ3v) is 10.5. The van der Waals surface area contributed by atoms with Crippen LogP contribution < -0.4 is 4.90 Å². The number of hydrogen-bond acceptors (Lipinski definition) is 5. The van der Waals surface area contributed by atoms with Gasteiger partial charge in [0.1, 0.15) is 0 Å². The number of fused-ring (bicyclic) bond motifs is 1. The number of aryl methyl sites for hydroxylation is 2. The number of rotatable bonds is 7. The van der Waals surface area contributed by atoms with E-state index < -0.39 is 9.84 Å². The molecule has 2 aromatic carbocycles. The molecule has 1 aliphatic carbocycles. The number of sulfone groups is 1. The zero-order valence-electron chi connectivity index (χ0n) is 23.4. The van der Waals surface area contributed by atoms with Crippen LogP contribution >= 0.6 is 0 Å². The predicted molar refractivity (Wildman–Crippen MR) is 160 cm³/mol. The van der Waals surface area contributed by atoms with Crippen LogP contribution in [0.4, 0.5) is 5.69 Å². The molecule has 2 fully saturated rings. The highest BCUT2D eigenvalue weighted by atomic mass is 32.2. The molecule has 7 heteroatoms. The number of aromatic nitrogens is 2. The summed E-state index contributed by atoms with van der Waals surface area (Å²) in [6.07, 6.45) is 1.56. The van der Waals surface area contributed by atoms with Crippen LogP contribution in [0.15, 0.2) is 65.6 Å². The summed E-state index contributed by atoms with van der Waals surface area (Å²) in [6, 6.07) is 20.5. The van der Waals surface area contributed by atoms with Crippen LogP contribution in [-0.4, -0.2) is 60.8 Å².